The molecule has 0 saturated heterocycles. The molecule has 0 spiro atoms. The molecule has 3 aromatic heterocycles. The van der Waals surface area contributed by atoms with Crippen molar-refractivity contribution in [3.05, 3.63) is 24.4 Å². The fourth-order valence-corrected chi connectivity index (χ4v) is 1.96. The van der Waals surface area contributed by atoms with Crippen molar-refractivity contribution in [2.24, 2.45) is 0 Å². The van der Waals surface area contributed by atoms with E-state index in [0.29, 0.717) is 11.5 Å². The predicted octanol–water partition coefficient (Wildman–Crippen LogP) is 1.07. The SMILES string of the molecule is CCCc1nccn1-c1nc(N)nc2[nH]ncc12. The molecule has 92 valence electrons. The summed E-state index contributed by atoms with van der Waals surface area (Å²) >= 11 is 0. The molecule has 0 saturated carbocycles. The molecular weight excluding hydrogens is 230 g/mol. The van der Waals surface area contributed by atoms with E-state index < -0.39 is 0 Å². The number of aromatic nitrogens is 6. The van der Waals surface area contributed by atoms with E-state index in [0.717, 1.165) is 24.1 Å². The molecule has 0 unspecified atom stereocenters. The first-order valence-corrected chi connectivity index (χ1v) is 5.78. The summed E-state index contributed by atoms with van der Waals surface area (Å²) in [4.78, 5) is 12.7. The maximum absolute atomic E-state index is 5.71. The van der Waals surface area contributed by atoms with Gasteiger partial charge >= 0.3 is 0 Å². The first-order chi connectivity index (χ1) is 8.79. The van der Waals surface area contributed by atoms with Gasteiger partial charge in [0.1, 0.15) is 5.82 Å². The Morgan fingerprint density at radius 2 is 2.28 bits per heavy atom. The average Bonchev–Trinajstić information content (AvgIpc) is 2.96. The first-order valence-electron chi connectivity index (χ1n) is 5.78. The average molecular weight is 243 g/mol. The largest absolute Gasteiger partial charge is 0.368 e. The number of imidazole rings is 1. The van der Waals surface area contributed by atoms with E-state index in [1.807, 2.05) is 10.8 Å². The standard InChI is InChI=1S/C11H13N7/c1-2-3-8-13-4-5-18(8)10-7-6-14-17-9(7)15-11(12)16-10/h4-6H,2-3H2,1H3,(H3,12,14,15,16,17). The number of aryl methyl sites for hydroxylation is 1. The molecule has 3 N–H and O–H groups in total. The monoisotopic (exact) mass is 243 g/mol. The van der Waals surface area contributed by atoms with Crippen LogP contribution in [0.5, 0.6) is 0 Å². The number of nitrogens with zero attached hydrogens (tertiary/aromatic N) is 5. The van der Waals surface area contributed by atoms with Crippen LogP contribution in [0.3, 0.4) is 0 Å². The second kappa shape index (κ2) is 4.10. The highest BCUT2D eigenvalue weighted by molar-refractivity contribution is 5.82. The van der Waals surface area contributed by atoms with Crippen molar-refractivity contribution in [3.63, 3.8) is 0 Å². The number of nitrogens with two attached hydrogens (primary N) is 1. The summed E-state index contributed by atoms with van der Waals surface area (Å²) in [6, 6.07) is 0. The molecule has 0 radical (unpaired) electrons. The summed E-state index contributed by atoms with van der Waals surface area (Å²) < 4.78 is 1.93. The van der Waals surface area contributed by atoms with Crippen LogP contribution in [0, 0.1) is 0 Å². The number of fused-ring (bicyclic) bond motifs is 1. The maximum Gasteiger partial charge on any atom is 0.224 e. The Bertz CT molecular complexity index is 682. The van der Waals surface area contributed by atoms with Crippen LogP contribution in [0.15, 0.2) is 18.6 Å². The highest BCUT2D eigenvalue weighted by atomic mass is 15.2. The Morgan fingerprint density at radius 3 is 3.11 bits per heavy atom. The van der Waals surface area contributed by atoms with Crippen molar-refractivity contribution in [2.75, 3.05) is 5.73 Å². The molecule has 7 nitrogen and oxygen atoms in total. The summed E-state index contributed by atoms with van der Waals surface area (Å²) in [5.74, 6) is 1.89. The van der Waals surface area contributed by atoms with E-state index in [4.69, 9.17) is 5.73 Å². The van der Waals surface area contributed by atoms with Crippen LogP contribution in [0.1, 0.15) is 19.2 Å². The highest BCUT2D eigenvalue weighted by Crippen LogP contribution is 2.19. The molecule has 0 aliphatic carbocycles. The smallest absolute Gasteiger partial charge is 0.224 e. The number of hydrogen-bond acceptors (Lipinski definition) is 5. The Balaban J connectivity index is 2.24. The number of nitrogens with one attached hydrogen (secondary N) is 1. The topological polar surface area (TPSA) is 98.3 Å². The van der Waals surface area contributed by atoms with Crippen molar-refractivity contribution in [2.45, 2.75) is 19.8 Å². The molecule has 3 heterocycles. The second-order valence-electron chi connectivity index (χ2n) is 4.00. The van der Waals surface area contributed by atoms with E-state index >= 15 is 0 Å². The highest BCUT2D eigenvalue weighted by Gasteiger charge is 2.12. The van der Waals surface area contributed by atoms with Gasteiger partial charge in [-0.1, -0.05) is 6.92 Å². The van der Waals surface area contributed by atoms with Crippen LogP contribution >= 0.6 is 0 Å². The van der Waals surface area contributed by atoms with Crippen LogP contribution in [-0.2, 0) is 6.42 Å². The molecule has 0 fully saturated rings. The Hall–Kier alpha value is -2.44. The number of anilines is 1. The third kappa shape index (κ3) is 1.60. The summed E-state index contributed by atoms with van der Waals surface area (Å²) in [6.07, 6.45) is 7.23. The molecule has 18 heavy (non-hydrogen) atoms. The van der Waals surface area contributed by atoms with Crippen molar-refractivity contribution < 1.29 is 0 Å². The van der Waals surface area contributed by atoms with Gasteiger partial charge in [-0.2, -0.15) is 15.1 Å². The first kappa shape index (κ1) is 10.7. The number of H-pyrrole nitrogens is 1. The van der Waals surface area contributed by atoms with Crippen molar-refractivity contribution in [3.8, 4) is 5.82 Å². The second-order valence-corrected chi connectivity index (χ2v) is 4.00. The van der Waals surface area contributed by atoms with Gasteiger partial charge in [0.15, 0.2) is 11.5 Å². The minimum Gasteiger partial charge on any atom is -0.368 e. The van der Waals surface area contributed by atoms with Gasteiger partial charge in [0.05, 0.1) is 11.6 Å². The number of nitrogen functional groups attached to an aromatic ring is 1. The van der Waals surface area contributed by atoms with E-state index in [2.05, 4.69) is 32.1 Å². The maximum atomic E-state index is 5.71. The lowest BCUT2D eigenvalue weighted by Crippen LogP contribution is -2.06. The van der Waals surface area contributed by atoms with Gasteiger partial charge < -0.3 is 5.73 Å². The third-order valence-electron chi connectivity index (χ3n) is 2.73. The normalized spacial score (nSPS) is 11.2. The van der Waals surface area contributed by atoms with Gasteiger partial charge in [0.25, 0.3) is 0 Å². The lowest BCUT2D eigenvalue weighted by molar-refractivity contribution is 0.801. The minimum atomic E-state index is 0.220. The quantitative estimate of drug-likeness (QED) is 0.717. The number of hydrogen-bond donors (Lipinski definition) is 2. The zero-order valence-electron chi connectivity index (χ0n) is 9.96. The molecule has 3 rings (SSSR count). The van der Waals surface area contributed by atoms with Crippen molar-refractivity contribution in [1.82, 2.24) is 29.7 Å². The predicted molar refractivity (Wildman–Crippen MR) is 67.2 cm³/mol. The third-order valence-corrected chi connectivity index (χ3v) is 2.73. The van der Waals surface area contributed by atoms with Crippen molar-refractivity contribution >= 4 is 17.0 Å². The van der Waals surface area contributed by atoms with Gasteiger partial charge in [-0.25, -0.2) is 4.98 Å². The minimum absolute atomic E-state index is 0.220. The molecular formula is C11H13N7. The summed E-state index contributed by atoms with van der Waals surface area (Å²) in [7, 11) is 0. The Kier molecular flexibility index (Phi) is 2.44. The molecule has 0 atom stereocenters. The van der Waals surface area contributed by atoms with Gasteiger partial charge in [0.2, 0.25) is 5.95 Å². The fraction of sp³-hybridized carbons (Fsp3) is 0.273. The van der Waals surface area contributed by atoms with Crippen LogP contribution in [0.4, 0.5) is 5.95 Å². The number of rotatable bonds is 3. The lowest BCUT2D eigenvalue weighted by Gasteiger charge is -2.07. The fourth-order valence-electron chi connectivity index (χ4n) is 1.96. The molecule has 3 aromatic rings. The van der Waals surface area contributed by atoms with Crippen LogP contribution in [0.25, 0.3) is 16.9 Å². The summed E-state index contributed by atoms with van der Waals surface area (Å²) in [5.41, 5.74) is 6.34. The van der Waals surface area contributed by atoms with Gasteiger partial charge in [-0.3, -0.25) is 9.67 Å². The zero-order chi connectivity index (χ0) is 12.5. The molecule has 0 aliphatic rings. The molecule has 0 bridgehead atoms. The molecule has 0 aliphatic heterocycles. The Labute approximate surface area is 103 Å². The van der Waals surface area contributed by atoms with Crippen molar-refractivity contribution in [1.29, 1.82) is 0 Å². The summed E-state index contributed by atoms with van der Waals surface area (Å²) in [6.45, 7) is 2.11. The van der Waals surface area contributed by atoms with Crippen LogP contribution < -0.4 is 5.73 Å². The molecule has 0 amide bonds. The van der Waals surface area contributed by atoms with E-state index in [1.165, 1.54) is 0 Å². The van der Waals surface area contributed by atoms with Gasteiger partial charge in [-0.05, 0) is 6.42 Å². The van der Waals surface area contributed by atoms with Gasteiger partial charge in [-0.15, -0.1) is 0 Å². The molecule has 7 heteroatoms. The zero-order valence-corrected chi connectivity index (χ0v) is 9.96. The van der Waals surface area contributed by atoms with E-state index in [-0.39, 0.29) is 5.95 Å². The van der Waals surface area contributed by atoms with Crippen LogP contribution in [0.2, 0.25) is 0 Å². The number of aromatic amines is 1. The summed E-state index contributed by atoms with van der Waals surface area (Å²) in [5, 5.41) is 7.60. The van der Waals surface area contributed by atoms with Gasteiger partial charge in [0, 0.05) is 18.8 Å². The Morgan fingerprint density at radius 1 is 1.39 bits per heavy atom. The lowest BCUT2D eigenvalue weighted by atomic mass is 10.3. The van der Waals surface area contributed by atoms with Crippen LogP contribution in [-0.4, -0.2) is 29.7 Å². The van der Waals surface area contributed by atoms with E-state index in [9.17, 15) is 0 Å². The van der Waals surface area contributed by atoms with E-state index in [1.54, 1.807) is 12.4 Å². The molecule has 0 aromatic carbocycles.